The molecule has 7 nitrogen and oxygen atoms in total. The van der Waals surface area contributed by atoms with Crippen molar-refractivity contribution in [2.75, 3.05) is 9.80 Å². The van der Waals surface area contributed by atoms with Crippen LogP contribution in [0.1, 0.15) is 0 Å². The summed E-state index contributed by atoms with van der Waals surface area (Å²) >= 11 is 1.21. The van der Waals surface area contributed by atoms with Gasteiger partial charge in [-0.25, -0.2) is 0 Å². The minimum Gasteiger partial charge on any atom is -0.311 e. The van der Waals surface area contributed by atoms with E-state index in [0.29, 0.717) is 0 Å². The Morgan fingerprint density at radius 3 is 1.18 bits per heavy atom. The fraction of sp³-hybridized carbons (Fsp3) is 0. The van der Waals surface area contributed by atoms with Crippen LogP contribution in [-0.2, 0) is 0 Å². The highest BCUT2D eigenvalue weighted by Gasteiger charge is 2.22. The van der Waals surface area contributed by atoms with E-state index in [-0.39, 0.29) is 0 Å². The number of hydrogen-bond donors (Lipinski definition) is 1. The van der Waals surface area contributed by atoms with E-state index in [9.17, 15) is 0 Å². The average Bonchev–Trinajstić information content (AvgIpc) is 3.87. The molecule has 0 spiro atoms. The third kappa shape index (κ3) is 5.24. The van der Waals surface area contributed by atoms with Gasteiger partial charge in [0.25, 0.3) is 11.7 Å². The number of fused-ring (bicyclic) bond motifs is 2. The summed E-state index contributed by atoms with van der Waals surface area (Å²) in [5.74, 6) is 0. The van der Waals surface area contributed by atoms with Crippen LogP contribution in [0.3, 0.4) is 0 Å². The maximum absolute atomic E-state index is 4.82. The SMILES string of the molecule is c1ccc(N(c2ccccc2)c2ccc(-c3c4n[nH]nc4c(-c4ccc(N(c5ccccc5)c5ccccc5)cc4)c4[n-][s+]nc34)cc2)cc1. The minimum absolute atomic E-state index is 0.759. The van der Waals surface area contributed by atoms with Gasteiger partial charge >= 0.3 is 0 Å². The first-order valence-electron chi connectivity index (χ1n) is 16.3. The van der Waals surface area contributed by atoms with Gasteiger partial charge in [0.15, 0.2) is 0 Å². The summed E-state index contributed by atoms with van der Waals surface area (Å²) in [6.45, 7) is 0. The number of para-hydroxylation sites is 4. The quantitative estimate of drug-likeness (QED) is 0.163. The van der Waals surface area contributed by atoms with Gasteiger partial charge in [0.1, 0.15) is 11.0 Å². The van der Waals surface area contributed by atoms with E-state index < -0.39 is 0 Å². The van der Waals surface area contributed by atoms with Gasteiger partial charge in [0.2, 0.25) is 0 Å². The van der Waals surface area contributed by atoms with Crippen molar-refractivity contribution in [2.45, 2.75) is 0 Å². The fourth-order valence-corrected chi connectivity index (χ4v) is 7.18. The van der Waals surface area contributed by atoms with Crippen LogP contribution in [0.5, 0.6) is 0 Å². The maximum Gasteiger partial charge on any atom is 0.279 e. The second-order valence-corrected chi connectivity index (χ2v) is 12.4. The molecule has 0 aliphatic rings. The summed E-state index contributed by atoms with van der Waals surface area (Å²) in [5.41, 5.74) is 13.4. The van der Waals surface area contributed by atoms with E-state index in [4.69, 9.17) is 8.75 Å². The zero-order valence-electron chi connectivity index (χ0n) is 26.8. The lowest BCUT2D eigenvalue weighted by Crippen LogP contribution is -2.09. The number of benzene rings is 7. The van der Waals surface area contributed by atoms with Crippen molar-refractivity contribution in [1.82, 2.24) is 24.2 Å². The lowest BCUT2D eigenvalue weighted by molar-refractivity contribution is 0.960. The number of aromatic nitrogens is 5. The summed E-state index contributed by atoms with van der Waals surface area (Å²) in [4.78, 5) is 4.50. The van der Waals surface area contributed by atoms with E-state index in [2.05, 4.69) is 171 Å². The number of nitrogens with zero attached hydrogens (tertiary/aromatic N) is 6. The topological polar surface area (TPSA) is 75.0 Å². The molecule has 0 saturated carbocycles. The first-order chi connectivity index (χ1) is 24.8. The van der Waals surface area contributed by atoms with Crippen LogP contribution in [0, 0.1) is 0 Å². The molecule has 50 heavy (non-hydrogen) atoms. The second-order valence-electron chi connectivity index (χ2n) is 11.8. The number of aromatic amines is 1. The molecule has 9 rings (SSSR count). The molecule has 0 radical (unpaired) electrons. The second kappa shape index (κ2) is 12.8. The van der Waals surface area contributed by atoms with Gasteiger partial charge in [-0.3, -0.25) is 0 Å². The van der Waals surface area contributed by atoms with E-state index in [1.165, 1.54) is 11.7 Å². The predicted molar refractivity (Wildman–Crippen MR) is 205 cm³/mol. The predicted octanol–water partition coefficient (Wildman–Crippen LogP) is 11.1. The third-order valence-electron chi connectivity index (χ3n) is 8.87. The molecule has 9 aromatic rings. The van der Waals surface area contributed by atoms with E-state index >= 15 is 0 Å². The Labute approximate surface area is 293 Å². The molecule has 1 N–H and O–H groups in total. The number of rotatable bonds is 8. The van der Waals surface area contributed by atoms with Crippen LogP contribution >= 0.6 is 11.7 Å². The van der Waals surface area contributed by atoms with E-state index in [0.717, 1.165) is 78.4 Å². The van der Waals surface area contributed by atoms with Crippen molar-refractivity contribution in [3.8, 4) is 22.3 Å². The Bertz CT molecular complexity index is 2210. The molecule has 0 atom stereocenters. The van der Waals surface area contributed by atoms with E-state index in [1.54, 1.807) is 0 Å². The summed E-state index contributed by atoms with van der Waals surface area (Å²) in [7, 11) is 0. The Kier molecular flexibility index (Phi) is 7.53. The third-order valence-corrected chi connectivity index (χ3v) is 9.40. The normalized spacial score (nSPS) is 11.2. The van der Waals surface area contributed by atoms with Crippen LogP contribution in [0.25, 0.3) is 44.3 Å². The molecule has 8 heteroatoms. The molecule has 0 aliphatic heterocycles. The fourth-order valence-electron chi connectivity index (χ4n) is 6.62. The molecular weight excluding hydrogens is 635 g/mol. The van der Waals surface area contributed by atoms with Crippen LogP contribution in [0.2, 0.25) is 0 Å². The van der Waals surface area contributed by atoms with Crippen molar-refractivity contribution in [1.29, 1.82) is 0 Å². The van der Waals surface area contributed by atoms with Crippen molar-refractivity contribution in [3.05, 3.63) is 170 Å². The highest BCUT2D eigenvalue weighted by Crippen LogP contribution is 2.43. The molecule has 0 amide bonds. The molecular formula is C42H29N7S. The highest BCUT2D eigenvalue weighted by molar-refractivity contribution is 7.00. The summed E-state index contributed by atoms with van der Waals surface area (Å²) in [6, 6.07) is 58.7. The van der Waals surface area contributed by atoms with Crippen LogP contribution < -0.4 is 14.2 Å². The van der Waals surface area contributed by atoms with Gasteiger partial charge in [-0.05, 0) is 83.9 Å². The summed E-state index contributed by atoms with van der Waals surface area (Å²) < 4.78 is 9.64. The monoisotopic (exact) mass is 663 g/mol. The number of anilines is 6. The Morgan fingerprint density at radius 1 is 0.400 bits per heavy atom. The number of H-pyrrole nitrogens is 1. The van der Waals surface area contributed by atoms with Gasteiger partial charge in [-0.2, -0.15) is 24.2 Å². The molecule has 0 unspecified atom stereocenters. The average molecular weight is 664 g/mol. The Morgan fingerprint density at radius 2 is 0.760 bits per heavy atom. The van der Waals surface area contributed by atoms with Crippen molar-refractivity contribution >= 4 is 67.9 Å². The van der Waals surface area contributed by atoms with Gasteiger partial charge in [0, 0.05) is 56.3 Å². The van der Waals surface area contributed by atoms with Crippen LogP contribution in [0.15, 0.2) is 170 Å². The largest absolute Gasteiger partial charge is 0.311 e. The minimum atomic E-state index is 0.759. The highest BCUT2D eigenvalue weighted by atomic mass is 32.1. The summed E-state index contributed by atoms with van der Waals surface area (Å²) in [5, 5.41) is 12.2. The first-order valence-corrected chi connectivity index (χ1v) is 17.1. The Balaban J connectivity index is 1.12. The van der Waals surface area contributed by atoms with Crippen molar-refractivity contribution in [2.24, 2.45) is 0 Å². The van der Waals surface area contributed by atoms with Crippen molar-refractivity contribution in [3.63, 3.8) is 0 Å². The molecule has 2 heterocycles. The molecule has 2 aromatic heterocycles. The molecule has 0 fully saturated rings. The van der Waals surface area contributed by atoms with Crippen molar-refractivity contribution < 1.29 is 0 Å². The zero-order valence-corrected chi connectivity index (χ0v) is 27.6. The molecule has 0 bridgehead atoms. The molecule has 0 aliphatic carbocycles. The van der Waals surface area contributed by atoms with Gasteiger partial charge in [0.05, 0.1) is 0 Å². The lowest BCUT2D eigenvalue weighted by atomic mass is 9.95. The molecule has 7 aromatic carbocycles. The number of nitrogens with one attached hydrogen (secondary N) is 1. The zero-order chi connectivity index (χ0) is 33.3. The maximum atomic E-state index is 4.82. The molecule has 238 valence electrons. The molecule has 0 saturated heterocycles. The summed E-state index contributed by atoms with van der Waals surface area (Å²) in [6.07, 6.45) is 0. The van der Waals surface area contributed by atoms with Gasteiger partial charge in [-0.15, -0.1) is 0 Å². The van der Waals surface area contributed by atoms with Crippen LogP contribution in [0.4, 0.5) is 34.1 Å². The standard InChI is InChI=1S/C42H29N7S/c1-5-13-31(14-6-1)48(32-15-7-2-8-16-32)35-25-21-29(22-26-35)37-39-40(44-47-43-39)38(42-41(37)45-50-46-42)30-23-27-36(28-24-30)49(33-17-9-3-10-18-33)34-19-11-4-12-20-34/h1-28H,(H,43,44,47). The van der Waals surface area contributed by atoms with Gasteiger partial charge in [-0.1, -0.05) is 97.1 Å². The van der Waals surface area contributed by atoms with E-state index in [1.807, 2.05) is 24.3 Å². The van der Waals surface area contributed by atoms with Crippen LogP contribution in [-0.4, -0.2) is 19.8 Å². The lowest BCUT2D eigenvalue weighted by Gasteiger charge is -2.25. The van der Waals surface area contributed by atoms with Gasteiger partial charge < -0.3 is 9.80 Å². The first kappa shape index (κ1) is 29.5. The smallest absolute Gasteiger partial charge is 0.279 e. The number of hydrogen-bond acceptors (Lipinski definition) is 5. The Hall–Kier alpha value is -6.64.